The predicted molar refractivity (Wildman–Crippen MR) is 53.3 cm³/mol. The Balaban J connectivity index is 2.15. The third-order valence-corrected chi connectivity index (χ3v) is 3.12. The second kappa shape index (κ2) is 4.42. The van der Waals surface area contributed by atoms with Crippen LogP contribution in [0.2, 0.25) is 0 Å². The van der Waals surface area contributed by atoms with Crippen LogP contribution in [-0.4, -0.2) is 26.3 Å². The first-order chi connectivity index (χ1) is 7.29. The van der Waals surface area contributed by atoms with Gasteiger partial charge in [-0.2, -0.15) is 5.10 Å². The van der Waals surface area contributed by atoms with Gasteiger partial charge in [0.15, 0.2) is 0 Å². The number of nitrogens with zero attached hydrogens (tertiary/aromatic N) is 2. The number of hydrogen-bond acceptors (Lipinski definition) is 3. The van der Waals surface area contributed by atoms with Crippen LogP contribution in [0.3, 0.4) is 0 Å². The molecule has 82 valence electrons. The summed E-state index contributed by atoms with van der Waals surface area (Å²) in [4.78, 5) is 15.2. The summed E-state index contributed by atoms with van der Waals surface area (Å²) >= 11 is 0. The third-order valence-electron chi connectivity index (χ3n) is 3.12. The van der Waals surface area contributed by atoms with Crippen LogP contribution < -0.4 is 0 Å². The zero-order valence-corrected chi connectivity index (χ0v) is 8.52. The maximum atomic E-state index is 11.2. The summed E-state index contributed by atoms with van der Waals surface area (Å²) in [7, 11) is 0. The van der Waals surface area contributed by atoms with Gasteiger partial charge in [0, 0.05) is 0 Å². The molecule has 0 spiro atoms. The van der Waals surface area contributed by atoms with E-state index in [1.54, 1.807) is 0 Å². The van der Waals surface area contributed by atoms with Gasteiger partial charge in [-0.15, -0.1) is 0 Å². The van der Waals surface area contributed by atoms with Crippen LogP contribution in [0.1, 0.15) is 43.8 Å². The maximum Gasteiger partial charge on any atom is 0.314 e. The lowest BCUT2D eigenvalue weighted by Crippen LogP contribution is -2.24. The zero-order valence-electron chi connectivity index (χ0n) is 8.52. The van der Waals surface area contributed by atoms with Crippen molar-refractivity contribution in [2.24, 2.45) is 5.92 Å². The number of rotatable bonds is 3. The number of nitrogens with one attached hydrogen (secondary N) is 1. The molecule has 1 aliphatic rings. The first-order valence-corrected chi connectivity index (χ1v) is 5.37. The Bertz CT molecular complexity index is 317. The van der Waals surface area contributed by atoms with E-state index in [0.717, 1.165) is 25.7 Å². The van der Waals surface area contributed by atoms with Crippen LogP contribution >= 0.6 is 0 Å². The van der Waals surface area contributed by atoms with E-state index in [1.807, 2.05) is 0 Å². The Morgan fingerprint density at radius 1 is 1.47 bits per heavy atom. The molecule has 1 aromatic rings. The van der Waals surface area contributed by atoms with Gasteiger partial charge < -0.3 is 5.11 Å². The Kier molecular flexibility index (Phi) is 2.99. The van der Waals surface area contributed by atoms with E-state index >= 15 is 0 Å². The van der Waals surface area contributed by atoms with Crippen LogP contribution in [0.15, 0.2) is 6.33 Å². The van der Waals surface area contributed by atoms with Crippen molar-refractivity contribution in [3.8, 4) is 0 Å². The van der Waals surface area contributed by atoms with Crippen molar-refractivity contribution < 1.29 is 9.90 Å². The van der Waals surface area contributed by atoms with Gasteiger partial charge in [-0.1, -0.05) is 19.3 Å². The van der Waals surface area contributed by atoms with Gasteiger partial charge in [0.25, 0.3) is 0 Å². The standard InChI is InChI=1S/C10H15N3O2/c14-10(15)8(9-11-6-12-13-9)7-4-2-1-3-5-7/h6-8H,1-5H2,(H,14,15)(H,11,12,13). The highest BCUT2D eigenvalue weighted by Gasteiger charge is 2.32. The minimum atomic E-state index is -0.793. The van der Waals surface area contributed by atoms with Gasteiger partial charge in [-0.3, -0.25) is 9.89 Å². The summed E-state index contributed by atoms with van der Waals surface area (Å²) in [5.74, 6) is -0.593. The number of carbonyl (C=O) groups is 1. The van der Waals surface area contributed by atoms with Crippen molar-refractivity contribution in [1.29, 1.82) is 0 Å². The Morgan fingerprint density at radius 3 is 2.73 bits per heavy atom. The number of H-pyrrole nitrogens is 1. The predicted octanol–water partition coefficient (Wildman–Crippen LogP) is 1.55. The summed E-state index contributed by atoms with van der Waals surface area (Å²) in [6.45, 7) is 0. The minimum absolute atomic E-state index is 0.212. The average molecular weight is 209 g/mol. The molecule has 0 aliphatic heterocycles. The molecule has 1 heterocycles. The molecule has 0 bridgehead atoms. The number of aliphatic carboxylic acids is 1. The van der Waals surface area contributed by atoms with Crippen molar-refractivity contribution in [3.63, 3.8) is 0 Å². The molecule has 2 N–H and O–H groups in total. The largest absolute Gasteiger partial charge is 0.481 e. The number of aromatic nitrogens is 3. The molecular formula is C10H15N3O2. The Morgan fingerprint density at radius 2 is 2.20 bits per heavy atom. The molecule has 0 aromatic carbocycles. The Hall–Kier alpha value is -1.39. The maximum absolute atomic E-state index is 11.2. The van der Waals surface area contributed by atoms with E-state index in [2.05, 4.69) is 15.2 Å². The topological polar surface area (TPSA) is 78.9 Å². The molecule has 1 aliphatic carbocycles. The van der Waals surface area contributed by atoms with E-state index in [-0.39, 0.29) is 5.92 Å². The monoisotopic (exact) mass is 209 g/mol. The SMILES string of the molecule is O=C(O)C(c1ncn[nH]1)C1CCCCC1. The van der Waals surface area contributed by atoms with E-state index in [1.165, 1.54) is 12.7 Å². The van der Waals surface area contributed by atoms with Crippen molar-refractivity contribution in [2.45, 2.75) is 38.0 Å². The first kappa shape index (κ1) is 10.1. The van der Waals surface area contributed by atoms with Crippen molar-refractivity contribution >= 4 is 5.97 Å². The smallest absolute Gasteiger partial charge is 0.314 e. The van der Waals surface area contributed by atoms with E-state index in [0.29, 0.717) is 5.82 Å². The molecule has 5 heteroatoms. The van der Waals surface area contributed by atoms with E-state index in [4.69, 9.17) is 0 Å². The molecule has 1 saturated carbocycles. The van der Waals surface area contributed by atoms with E-state index < -0.39 is 11.9 Å². The number of hydrogen-bond donors (Lipinski definition) is 2. The normalized spacial score (nSPS) is 20.0. The molecule has 2 rings (SSSR count). The number of carboxylic acids is 1. The van der Waals surface area contributed by atoms with Crippen LogP contribution in [0, 0.1) is 5.92 Å². The lowest BCUT2D eigenvalue weighted by molar-refractivity contribution is -0.140. The summed E-state index contributed by atoms with van der Waals surface area (Å²) in [5.41, 5.74) is 0. The molecular weight excluding hydrogens is 194 g/mol. The summed E-state index contributed by atoms with van der Waals surface area (Å²) in [5, 5.41) is 15.6. The Labute approximate surface area is 87.9 Å². The molecule has 0 radical (unpaired) electrons. The molecule has 15 heavy (non-hydrogen) atoms. The fourth-order valence-corrected chi connectivity index (χ4v) is 2.37. The summed E-state index contributed by atoms with van der Waals surface area (Å²) < 4.78 is 0. The molecule has 1 atom stereocenters. The summed E-state index contributed by atoms with van der Waals surface area (Å²) in [6, 6.07) is 0. The van der Waals surface area contributed by atoms with Crippen LogP contribution in [0.25, 0.3) is 0 Å². The minimum Gasteiger partial charge on any atom is -0.481 e. The first-order valence-electron chi connectivity index (χ1n) is 5.37. The molecule has 1 fully saturated rings. The molecule has 1 unspecified atom stereocenters. The highest BCUT2D eigenvalue weighted by atomic mass is 16.4. The highest BCUT2D eigenvalue weighted by molar-refractivity contribution is 5.75. The second-order valence-electron chi connectivity index (χ2n) is 4.08. The van der Waals surface area contributed by atoms with Crippen LogP contribution in [-0.2, 0) is 4.79 Å². The van der Waals surface area contributed by atoms with Gasteiger partial charge >= 0.3 is 5.97 Å². The number of aromatic amines is 1. The van der Waals surface area contributed by atoms with Gasteiger partial charge in [0.1, 0.15) is 18.1 Å². The zero-order chi connectivity index (χ0) is 10.7. The molecule has 5 nitrogen and oxygen atoms in total. The summed E-state index contributed by atoms with van der Waals surface area (Å²) in [6.07, 6.45) is 6.81. The third kappa shape index (κ3) is 2.16. The van der Waals surface area contributed by atoms with E-state index in [9.17, 15) is 9.90 Å². The van der Waals surface area contributed by atoms with Gasteiger partial charge in [0.2, 0.25) is 0 Å². The van der Waals surface area contributed by atoms with Crippen molar-refractivity contribution in [1.82, 2.24) is 15.2 Å². The van der Waals surface area contributed by atoms with Gasteiger partial charge in [-0.25, -0.2) is 4.98 Å². The van der Waals surface area contributed by atoms with Crippen molar-refractivity contribution in [3.05, 3.63) is 12.2 Å². The fourth-order valence-electron chi connectivity index (χ4n) is 2.37. The van der Waals surface area contributed by atoms with Crippen LogP contribution in [0.4, 0.5) is 0 Å². The molecule has 0 saturated heterocycles. The second-order valence-corrected chi connectivity index (χ2v) is 4.08. The average Bonchev–Trinajstić information content (AvgIpc) is 2.72. The lowest BCUT2D eigenvalue weighted by atomic mass is 9.79. The van der Waals surface area contributed by atoms with Gasteiger partial charge in [0.05, 0.1) is 0 Å². The quantitative estimate of drug-likeness (QED) is 0.791. The lowest BCUT2D eigenvalue weighted by Gasteiger charge is -2.25. The highest BCUT2D eigenvalue weighted by Crippen LogP contribution is 2.34. The van der Waals surface area contributed by atoms with Crippen molar-refractivity contribution in [2.75, 3.05) is 0 Å². The molecule has 0 amide bonds. The van der Waals surface area contributed by atoms with Crippen LogP contribution in [0.5, 0.6) is 0 Å². The molecule has 1 aromatic heterocycles. The number of carboxylic acid groups (broad SMARTS) is 1. The fraction of sp³-hybridized carbons (Fsp3) is 0.700. The van der Waals surface area contributed by atoms with Gasteiger partial charge in [-0.05, 0) is 18.8 Å².